The average Bonchev–Trinajstić information content (AvgIpc) is 3.60. The number of rotatable bonds is 6. The number of nitrogens with zero attached hydrogens (tertiary/aromatic N) is 1. The Morgan fingerprint density at radius 3 is 2.37 bits per heavy atom. The van der Waals surface area contributed by atoms with Crippen molar-refractivity contribution in [3.63, 3.8) is 0 Å². The molecule has 0 heterocycles. The van der Waals surface area contributed by atoms with Gasteiger partial charge in [0.1, 0.15) is 0 Å². The van der Waals surface area contributed by atoms with Crippen molar-refractivity contribution < 1.29 is 9.59 Å². The quantitative estimate of drug-likeness (QED) is 0.674. The fourth-order valence-electron chi connectivity index (χ4n) is 5.02. The smallest absolute Gasteiger partial charge is 0.227 e. The maximum Gasteiger partial charge on any atom is 0.227 e. The van der Waals surface area contributed by atoms with Gasteiger partial charge in [-0.1, -0.05) is 43.7 Å². The summed E-state index contributed by atoms with van der Waals surface area (Å²) >= 11 is 6.52. The lowest BCUT2D eigenvalue weighted by Crippen LogP contribution is -2.52. The molecule has 1 aromatic carbocycles. The molecule has 2 atom stereocenters. The molecule has 3 aliphatic rings. The molecule has 0 aromatic heterocycles. The van der Waals surface area contributed by atoms with Crippen LogP contribution in [0.15, 0.2) is 18.2 Å². The van der Waals surface area contributed by atoms with E-state index in [1.165, 1.54) is 6.42 Å². The molecule has 0 spiro atoms. The van der Waals surface area contributed by atoms with Crippen LogP contribution in [0.2, 0.25) is 5.02 Å². The molecule has 1 aromatic rings. The Balaban J connectivity index is 1.50. The number of hydrogen-bond donors (Lipinski definition) is 2. The fraction of sp³-hybridized carbons (Fsp3) is 0.667. The molecule has 164 valence electrons. The zero-order valence-corrected chi connectivity index (χ0v) is 18.5. The van der Waals surface area contributed by atoms with Gasteiger partial charge in [0.05, 0.1) is 0 Å². The maximum absolute atomic E-state index is 13.1. The van der Waals surface area contributed by atoms with Crippen LogP contribution >= 0.6 is 11.6 Å². The van der Waals surface area contributed by atoms with E-state index in [4.69, 9.17) is 17.3 Å². The summed E-state index contributed by atoms with van der Waals surface area (Å²) in [5.41, 5.74) is 8.06. The predicted molar refractivity (Wildman–Crippen MR) is 120 cm³/mol. The molecular formula is C24H34ClN3O2. The molecule has 0 bridgehead atoms. The van der Waals surface area contributed by atoms with E-state index in [1.807, 2.05) is 23.1 Å². The topological polar surface area (TPSA) is 75.4 Å². The lowest BCUT2D eigenvalue weighted by Gasteiger charge is -2.39. The maximum atomic E-state index is 13.1. The van der Waals surface area contributed by atoms with Gasteiger partial charge in [-0.25, -0.2) is 0 Å². The first-order valence-corrected chi connectivity index (χ1v) is 12.1. The third-order valence-electron chi connectivity index (χ3n) is 7.02. The SMILES string of the molecule is NC1CCCCC1N(Cc1cc(NC(=O)C2CCCCC2)ccc1Cl)C(=O)C1CC1. The lowest BCUT2D eigenvalue weighted by atomic mass is 9.88. The largest absolute Gasteiger partial charge is 0.334 e. The molecule has 30 heavy (non-hydrogen) atoms. The monoisotopic (exact) mass is 431 g/mol. The highest BCUT2D eigenvalue weighted by molar-refractivity contribution is 6.31. The van der Waals surface area contributed by atoms with Gasteiger partial charge in [-0.15, -0.1) is 0 Å². The number of nitrogens with two attached hydrogens (primary N) is 1. The van der Waals surface area contributed by atoms with E-state index in [0.29, 0.717) is 11.6 Å². The fourth-order valence-corrected chi connectivity index (χ4v) is 5.19. The van der Waals surface area contributed by atoms with Gasteiger partial charge < -0.3 is 16.0 Å². The second kappa shape index (κ2) is 9.69. The van der Waals surface area contributed by atoms with Gasteiger partial charge >= 0.3 is 0 Å². The van der Waals surface area contributed by atoms with Crippen molar-refractivity contribution in [3.8, 4) is 0 Å². The van der Waals surface area contributed by atoms with E-state index in [1.54, 1.807) is 0 Å². The van der Waals surface area contributed by atoms with Crippen molar-refractivity contribution >= 4 is 29.1 Å². The summed E-state index contributed by atoms with van der Waals surface area (Å²) in [7, 11) is 0. The van der Waals surface area contributed by atoms with Crippen LogP contribution in [0.25, 0.3) is 0 Å². The summed E-state index contributed by atoms with van der Waals surface area (Å²) < 4.78 is 0. The number of amides is 2. The van der Waals surface area contributed by atoms with Gasteiger partial charge in [0.2, 0.25) is 11.8 Å². The molecule has 3 fully saturated rings. The van der Waals surface area contributed by atoms with Crippen LogP contribution < -0.4 is 11.1 Å². The van der Waals surface area contributed by atoms with Gasteiger partial charge in [-0.3, -0.25) is 9.59 Å². The Morgan fingerprint density at radius 1 is 0.967 bits per heavy atom. The number of halogens is 1. The van der Waals surface area contributed by atoms with Crippen LogP contribution in [-0.2, 0) is 16.1 Å². The van der Waals surface area contributed by atoms with Crippen LogP contribution in [0.4, 0.5) is 5.69 Å². The molecule has 4 rings (SSSR count). The molecule has 2 unspecified atom stereocenters. The minimum Gasteiger partial charge on any atom is -0.334 e. The van der Waals surface area contributed by atoms with Crippen molar-refractivity contribution in [1.29, 1.82) is 0 Å². The summed E-state index contributed by atoms with van der Waals surface area (Å²) in [5, 5.41) is 3.71. The molecular weight excluding hydrogens is 398 g/mol. The minimum absolute atomic E-state index is 0.0226. The van der Waals surface area contributed by atoms with Gasteiger partial charge in [-0.05, 0) is 62.3 Å². The second-order valence-corrected chi connectivity index (χ2v) is 9.79. The molecule has 0 aliphatic heterocycles. The van der Waals surface area contributed by atoms with Gasteiger partial charge in [0.15, 0.2) is 0 Å². The van der Waals surface area contributed by atoms with Crippen molar-refractivity contribution in [2.45, 2.75) is 89.3 Å². The number of hydrogen-bond acceptors (Lipinski definition) is 3. The molecule has 3 N–H and O–H groups in total. The number of benzene rings is 1. The Labute approximate surface area is 184 Å². The predicted octanol–water partition coefficient (Wildman–Crippen LogP) is 4.87. The van der Waals surface area contributed by atoms with Crippen molar-refractivity contribution in [3.05, 3.63) is 28.8 Å². The molecule has 0 radical (unpaired) electrons. The zero-order valence-electron chi connectivity index (χ0n) is 17.7. The highest BCUT2D eigenvalue weighted by atomic mass is 35.5. The van der Waals surface area contributed by atoms with Gasteiger partial charge in [0, 0.05) is 41.2 Å². The van der Waals surface area contributed by atoms with Crippen molar-refractivity contribution in [1.82, 2.24) is 4.90 Å². The third kappa shape index (κ3) is 5.17. The van der Waals surface area contributed by atoms with Gasteiger partial charge in [-0.2, -0.15) is 0 Å². The number of carbonyl (C=O) groups excluding carboxylic acids is 2. The van der Waals surface area contributed by atoms with Crippen LogP contribution in [0.5, 0.6) is 0 Å². The number of anilines is 1. The van der Waals surface area contributed by atoms with E-state index >= 15 is 0 Å². The standard InChI is InChI=1S/C24H34ClN3O2/c25-20-13-12-19(27-23(29)16-6-2-1-3-7-16)14-18(20)15-28(24(30)17-10-11-17)22-9-5-4-8-21(22)26/h12-14,16-17,21-22H,1-11,15,26H2,(H,27,29). The Kier molecular flexibility index (Phi) is 6.99. The number of carbonyl (C=O) groups is 2. The van der Waals surface area contributed by atoms with E-state index in [-0.39, 0.29) is 35.7 Å². The molecule has 3 aliphatic carbocycles. The summed E-state index contributed by atoms with van der Waals surface area (Å²) in [5.74, 6) is 0.561. The van der Waals surface area contributed by atoms with Crippen LogP contribution in [0, 0.1) is 11.8 Å². The van der Waals surface area contributed by atoms with Crippen LogP contribution in [0.3, 0.4) is 0 Å². The first kappa shape index (κ1) is 21.6. The van der Waals surface area contributed by atoms with E-state index in [9.17, 15) is 9.59 Å². The lowest BCUT2D eigenvalue weighted by molar-refractivity contribution is -0.136. The molecule has 2 amide bonds. The van der Waals surface area contributed by atoms with Crippen molar-refractivity contribution in [2.75, 3.05) is 5.32 Å². The van der Waals surface area contributed by atoms with Gasteiger partial charge in [0.25, 0.3) is 0 Å². The Hall–Kier alpha value is -1.59. The first-order valence-electron chi connectivity index (χ1n) is 11.7. The third-order valence-corrected chi connectivity index (χ3v) is 7.39. The summed E-state index contributed by atoms with van der Waals surface area (Å²) in [4.78, 5) is 27.7. The Morgan fingerprint density at radius 2 is 1.67 bits per heavy atom. The molecule has 3 saturated carbocycles. The molecule has 5 nitrogen and oxygen atoms in total. The normalized spacial score (nSPS) is 25.0. The minimum atomic E-state index is 0.0226. The summed E-state index contributed by atoms with van der Waals surface area (Å²) in [6, 6.07) is 5.71. The first-order chi connectivity index (χ1) is 14.5. The van der Waals surface area contributed by atoms with Crippen molar-refractivity contribution in [2.24, 2.45) is 17.6 Å². The molecule has 6 heteroatoms. The molecule has 0 saturated heterocycles. The van der Waals surface area contributed by atoms with E-state index in [2.05, 4.69) is 5.32 Å². The average molecular weight is 432 g/mol. The summed E-state index contributed by atoms with van der Waals surface area (Å²) in [6.45, 7) is 0.458. The van der Waals surface area contributed by atoms with Crippen LogP contribution in [-0.4, -0.2) is 28.8 Å². The Bertz CT molecular complexity index is 774. The second-order valence-electron chi connectivity index (χ2n) is 9.39. The highest BCUT2D eigenvalue weighted by Gasteiger charge is 2.39. The van der Waals surface area contributed by atoms with Crippen LogP contribution in [0.1, 0.15) is 76.2 Å². The zero-order chi connectivity index (χ0) is 21.1. The summed E-state index contributed by atoms with van der Waals surface area (Å²) in [6.07, 6.45) is 11.5. The highest BCUT2D eigenvalue weighted by Crippen LogP contribution is 2.35. The van der Waals surface area contributed by atoms with E-state index < -0.39 is 0 Å². The van der Waals surface area contributed by atoms with E-state index in [0.717, 1.165) is 75.5 Å². The number of nitrogens with one attached hydrogen (secondary N) is 1.